The van der Waals surface area contributed by atoms with Gasteiger partial charge in [0.25, 0.3) is 0 Å². The molecule has 1 saturated heterocycles. The third-order valence-electron chi connectivity index (χ3n) is 2.55. The Bertz CT molecular complexity index is 352. The highest BCUT2D eigenvalue weighted by molar-refractivity contribution is 7.99. The topological polar surface area (TPSA) is 16.1 Å². The molecule has 0 N–H and O–H groups in total. The van der Waals surface area contributed by atoms with Crippen molar-refractivity contribution in [3.8, 4) is 0 Å². The van der Waals surface area contributed by atoms with Crippen molar-refractivity contribution < 1.29 is 0 Å². The number of nitrogens with zero attached hydrogens (tertiary/aromatic N) is 2. The summed E-state index contributed by atoms with van der Waals surface area (Å²) in [5.41, 5.74) is 0.972. The zero-order chi connectivity index (χ0) is 11.4. The smallest absolute Gasteiger partial charge is 0.147 e. The Hall–Kier alpha value is -0.120. The molecule has 2 nitrogen and oxygen atoms in total. The molecule has 5 heteroatoms. The molecule has 1 aliphatic heterocycles. The monoisotopic (exact) mass is 276 g/mol. The fourth-order valence-corrected chi connectivity index (χ4v) is 3.08. The molecule has 1 aromatic heterocycles. The minimum Gasteiger partial charge on any atom is -0.355 e. The zero-order valence-corrected chi connectivity index (χ0v) is 11.3. The lowest BCUT2D eigenvalue weighted by Gasteiger charge is -2.22. The van der Waals surface area contributed by atoms with Crippen LogP contribution in [0.1, 0.15) is 12.0 Å². The van der Waals surface area contributed by atoms with Crippen LogP contribution in [0.5, 0.6) is 0 Å². The van der Waals surface area contributed by atoms with E-state index in [1.807, 2.05) is 24.0 Å². The molecule has 1 aromatic rings. The van der Waals surface area contributed by atoms with Gasteiger partial charge in [0, 0.05) is 30.9 Å². The standard InChI is InChI=1S/C11H14Cl2N2S/c12-7-9-6-10(13)11(14-8-9)15-2-1-4-16-5-3-15/h6,8H,1-5,7H2. The maximum atomic E-state index is 6.23. The molecule has 1 aliphatic rings. The molecule has 2 heterocycles. The van der Waals surface area contributed by atoms with Gasteiger partial charge in [0.15, 0.2) is 0 Å². The minimum atomic E-state index is 0.461. The number of anilines is 1. The van der Waals surface area contributed by atoms with Gasteiger partial charge < -0.3 is 4.90 Å². The van der Waals surface area contributed by atoms with E-state index in [1.165, 1.54) is 12.2 Å². The maximum absolute atomic E-state index is 6.23. The van der Waals surface area contributed by atoms with Gasteiger partial charge in [0.2, 0.25) is 0 Å². The summed E-state index contributed by atoms with van der Waals surface area (Å²) in [5.74, 6) is 3.74. The molecule has 16 heavy (non-hydrogen) atoms. The number of halogens is 2. The van der Waals surface area contributed by atoms with E-state index in [-0.39, 0.29) is 0 Å². The number of hydrogen-bond acceptors (Lipinski definition) is 3. The van der Waals surface area contributed by atoms with Crippen LogP contribution in [-0.2, 0) is 5.88 Å². The third kappa shape index (κ3) is 2.96. The van der Waals surface area contributed by atoms with E-state index >= 15 is 0 Å². The highest BCUT2D eigenvalue weighted by Crippen LogP contribution is 2.26. The molecule has 0 amide bonds. The number of rotatable bonds is 2. The summed E-state index contributed by atoms with van der Waals surface area (Å²) in [5, 5.41) is 0.713. The van der Waals surface area contributed by atoms with Crippen LogP contribution in [0, 0.1) is 0 Å². The normalized spacial score (nSPS) is 17.2. The molecule has 0 atom stereocenters. The maximum Gasteiger partial charge on any atom is 0.147 e. The number of aromatic nitrogens is 1. The van der Waals surface area contributed by atoms with Crippen molar-refractivity contribution in [2.45, 2.75) is 12.3 Å². The average molecular weight is 277 g/mol. The van der Waals surface area contributed by atoms with E-state index < -0.39 is 0 Å². The SMILES string of the molecule is ClCc1cnc(N2CCCSCC2)c(Cl)c1. The Morgan fingerprint density at radius 1 is 1.38 bits per heavy atom. The highest BCUT2D eigenvalue weighted by Gasteiger charge is 2.14. The summed E-state index contributed by atoms with van der Waals surface area (Å²) in [7, 11) is 0. The van der Waals surface area contributed by atoms with Crippen molar-refractivity contribution in [1.29, 1.82) is 0 Å². The summed E-state index contributed by atoms with van der Waals surface area (Å²) < 4.78 is 0. The first-order valence-corrected chi connectivity index (χ1v) is 7.41. The Morgan fingerprint density at radius 3 is 3.00 bits per heavy atom. The summed E-state index contributed by atoms with van der Waals surface area (Å²) >= 11 is 14.0. The van der Waals surface area contributed by atoms with Crippen LogP contribution in [0.3, 0.4) is 0 Å². The van der Waals surface area contributed by atoms with Crippen molar-refractivity contribution in [1.82, 2.24) is 4.98 Å². The summed E-state index contributed by atoms with van der Waals surface area (Å²) in [6, 6.07) is 1.91. The van der Waals surface area contributed by atoms with Crippen LogP contribution in [0.2, 0.25) is 5.02 Å². The van der Waals surface area contributed by atoms with Gasteiger partial charge in [-0.2, -0.15) is 11.8 Å². The summed E-state index contributed by atoms with van der Waals surface area (Å²) in [4.78, 5) is 6.68. The second-order valence-electron chi connectivity index (χ2n) is 3.74. The molecule has 2 rings (SSSR count). The van der Waals surface area contributed by atoms with Crippen molar-refractivity contribution >= 4 is 40.8 Å². The van der Waals surface area contributed by atoms with E-state index in [2.05, 4.69) is 9.88 Å². The van der Waals surface area contributed by atoms with Crippen LogP contribution in [0.4, 0.5) is 5.82 Å². The van der Waals surface area contributed by atoms with Crippen LogP contribution in [0.15, 0.2) is 12.3 Å². The molecular formula is C11H14Cl2N2S. The first-order chi connectivity index (χ1) is 7.81. The lowest BCUT2D eigenvalue weighted by molar-refractivity contribution is 0.801. The highest BCUT2D eigenvalue weighted by atomic mass is 35.5. The fraction of sp³-hybridized carbons (Fsp3) is 0.545. The zero-order valence-electron chi connectivity index (χ0n) is 8.96. The molecule has 0 bridgehead atoms. The minimum absolute atomic E-state index is 0.461. The van der Waals surface area contributed by atoms with E-state index in [4.69, 9.17) is 23.2 Å². The van der Waals surface area contributed by atoms with Crippen LogP contribution >= 0.6 is 35.0 Å². The van der Waals surface area contributed by atoms with Gasteiger partial charge >= 0.3 is 0 Å². The van der Waals surface area contributed by atoms with Gasteiger partial charge in [-0.25, -0.2) is 4.98 Å². The number of alkyl halides is 1. The first-order valence-electron chi connectivity index (χ1n) is 5.34. The molecule has 0 saturated carbocycles. The van der Waals surface area contributed by atoms with Crippen molar-refractivity contribution in [3.63, 3.8) is 0 Å². The Labute approximate surface area is 110 Å². The lowest BCUT2D eigenvalue weighted by atomic mass is 10.3. The Morgan fingerprint density at radius 2 is 2.25 bits per heavy atom. The number of thioether (sulfide) groups is 1. The summed E-state index contributed by atoms with van der Waals surface area (Å²) in [6.07, 6.45) is 3.01. The molecular weight excluding hydrogens is 263 g/mol. The number of pyridine rings is 1. The molecule has 0 radical (unpaired) electrons. The second-order valence-corrected chi connectivity index (χ2v) is 5.63. The predicted molar refractivity (Wildman–Crippen MR) is 73.0 cm³/mol. The average Bonchev–Trinajstić information content (AvgIpc) is 2.57. The quantitative estimate of drug-likeness (QED) is 0.771. The van der Waals surface area contributed by atoms with Gasteiger partial charge in [-0.05, 0) is 23.8 Å². The van der Waals surface area contributed by atoms with E-state index in [9.17, 15) is 0 Å². The second kappa shape index (κ2) is 5.99. The van der Waals surface area contributed by atoms with Gasteiger partial charge in [-0.1, -0.05) is 11.6 Å². The van der Waals surface area contributed by atoms with Crippen molar-refractivity contribution in [2.24, 2.45) is 0 Å². The van der Waals surface area contributed by atoms with Gasteiger partial charge in [0.1, 0.15) is 5.82 Å². The molecule has 88 valence electrons. The van der Waals surface area contributed by atoms with Crippen LogP contribution in [-0.4, -0.2) is 29.6 Å². The van der Waals surface area contributed by atoms with Gasteiger partial charge in [-0.3, -0.25) is 0 Å². The van der Waals surface area contributed by atoms with Crippen molar-refractivity contribution in [3.05, 3.63) is 22.8 Å². The Kier molecular flexibility index (Phi) is 4.62. The molecule has 0 aliphatic carbocycles. The van der Waals surface area contributed by atoms with Crippen LogP contribution < -0.4 is 4.90 Å². The molecule has 1 fully saturated rings. The number of hydrogen-bond donors (Lipinski definition) is 0. The van der Waals surface area contributed by atoms with E-state index in [1.54, 1.807) is 0 Å². The van der Waals surface area contributed by atoms with Crippen LogP contribution in [0.25, 0.3) is 0 Å². The van der Waals surface area contributed by atoms with Gasteiger partial charge in [0.05, 0.1) is 5.02 Å². The molecule has 0 aromatic carbocycles. The first kappa shape index (κ1) is 12.3. The largest absolute Gasteiger partial charge is 0.355 e. The third-order valence-corrected chi connectivity index (χ3v) is 4.19. The van der Waals surface area contributed by atoms with E-state index in [0.717, 1.165) is 30.2 Å². The van der Waals surface area contributed by atoms with E-state index in [0.29, 0.717) is 10.9 Å². The summed E-state index contributed by atoms with van der Waals surface area (Å²) in [6.45, 7) is 2.07. The Balaban J connectivity index is 2.18. The molecule has 0 unspecified atom stereocenters. The van der Waals surface area contributed by atoms with Crippen molar-refractivity contribution in [2.75, 3.05) is 29.5 Å². The fourth-order valence-electron chi connectivity index (χ4n) is 1.73. The van der Waals surface area contributed by atoms with Gasteiger partial charge in [-0.15, -0.1) is 11.6 Å². The predicted octanol–water partition coefficient (Wildman–Crippen LogP) is 3.42. The lowest BCUT2D eigenvalue weighted by Crippen LogP contribution is -2.26. The molecule has 0 spiro atoms.